The Balaban J connectivity index is 1.23. The molecule has 9 heteroatoms. The molecule has 1 aliphatic heterocycles. The fourth-order valence-electron chi connectivity index (χ4n) is 5.00. The minimum absolute atomic E-state index is 0.0431. The number of rotatable bonds is 6. The van der Waals surface area contributed by atoms with Crippen LogP contribution in [0.3, 0.4) is 0 Å². The predicted molar refractivity (Wildman–Crippen MR) is 140 cm³/mol. The molecule has 3 aromatic rings. The van der Waals surface area contributed by atoms with E-state index in [2.05, 4.69) is 34.2 Å². The summed E-state index contributed by atoms with van der Waals surface area (Å²) in [7, 11) is -3.68. The Bertz CT molecular complexity index is 1300. The number of benzene rings is 2. The zero-order valence-corrected chi connectivity index (χ0v) is 21.4. The van der Waals surface area contributed by atoms with E-state index in [0.717, 1.165) is 42.5 Å². The lowest BCUT2D eigenvalue weighted by atomic mass is 9.82. The Morgan fingerprint density at radius 1 is 1.06 bits per heavy atom. The van der Waals surface area contributed by atoms with Crippen LogP contribution in [0.2, 0.25) is 0 Å². The number of anilines is 1. The summed E-state index contributed by atoms with van der Waals surface area (Å²) in [4.78, 5) is 23.3. The Hall–Kier alpha value is -3.06. The SMILES string of the molecule is CC1(C)Oc2ncnc(N)c2N=C1c1ccc(C2CCC(OP(=O)(O)Cc3ccccc3)CC2)cc1. The van der Waals surface area contributed by atoms with Gasteiger partial charge >= 0.3 is 7.60 Å². The molecular weight excluding hydrogens is 475 g/mol. The van der Waals surface area contributed by atoms with Gasteiger partial charge in [-0.05, 0) is 56.6 Å². The first-order chi connectivity index (χ1) is 17.2. The van der Waals surface area contributed by atoms with E-state index < -0.39 is 13.2 Å². The van der Waals surface area contributed by atoms with Crippen LogP contribution in [-0.4, -0.2) is 32.3 Å². The molecule has 8 nitrogen and oxygen atoms in total. The maximum atomic E-state index is 12.6. The average Bonchev–Trinajstić information content (AvgIpc) is 2.84. The lowest BCUT2D eigenvalue weighted by Crippen LogP contribution is -2.41. The van der Waals surface area contributed by atoms with E-state index in [0.29, 0.717) is 23.3 Å². The molecule has 0 bridgehead atoms. The van der Waals surface area contributed by atoms with E-state index >= 15 is 0 Å². The first-order valence-electron chi connectivity index (χ1n) is 12.2. The standard InChI is InChI=1S/C27H31N4O4P/c1-27(2)24(31-23-25(28)29-17-30-26(23)34-27)21-10-8-19(9-11-21)20-12-14-22(15-13-20)35-36(32,33)16-18-6-4-3-5-7-18/h3-11,17,20,22H,12-16H2,1-2H3,(H,32,33)(H2,28,29,30). The maximum absolute atomic E-state index is 12.6. The highest BCUT2D eigenvalue weighted by Crippen LogP contribution is 2.49. The van der Waals surface area contributed by atoms with Gasteiger partial charge in [0.05, 0.1) is 18.0 Å². The largest absolute Gasteiger partial charge is 0.463 e. The molecule has 1 saturated carbocycles. The summed E-state index contributed by atoms with van der Waals surface area (Å²) in [6, 6.07) is 17.7. The number of ether oxygens (including phenoxy) is 1. The highest BCUT2D eigenvalue weighted by atomic mass is 31.2. The summed E-state index contributed by atoms with van der Waals surface area (Å²) in [5.74, 6) is 1.07. The Kier molecular flexibility index (Phi) is 6.68. The van der Waals surface area contributed by atoms with E-state index in [1.807, 2.05) is 44.2 Å². The zero-order chi connectivity index (χ0) is 25.3. The number of hydrogen-bond donors (Lipinski definition) is 2. The van der Waals surface area contributed by atoms with Crippen molar-refractivity contribution in [1.82, 2.24) is 9.97 Å². The van der Waals surface area contributed by atoms with Gasteiger partial charge in [-0.2, -0.15) is 4.98 Å². The van der Waals surface area contributed by atoms with Gasteiger partial charge in [0.25, 0.3) is 0 Å². The molecule has 2 heterocycles. The summed E-state index contributed by atoms with van der Waals surface area (Å²) in [5, 5.41) is 0. The van der Waals surface area contributed by atoms with Crippen molar-refractivity contribution in [3.63, 3.8) is 0 Å². The van der Waals surface area contributed by atoms with Crippen molar-refractivity contribution in [3.8, 4) is 5.88 Å². The molecule has 3 N–H and O–H groups in total. The van der Waals surface area contributed by atoms with Gasteiger partial charge in [0.2, 0.25) is 5.88 Å². The Morgan fingerprint density at radius 3 is 2.44 bits per heavy atom. The number of nitrogens with two attached hydrogens (primary N) is 1. The molecule has 1 aliphatic carbocycles. The van der Waals surface area contributed by atoms with Crippen LogP contribution in [0, 0.1) is 0 Å². The molecule has 36 heavy (non-hydrogen) atoms. The Morgan fingerprint density at radius 2 is 1.75 bits per heavy atom. The quantitative estimate of drug-likeness (QED) is 0.407. The molecule has 5 rings (SSSR count). The van der Waals surface area contributed by atoms with Crippen molar-refractivity contribution in [2.75, 3.05) is 5.73 Å². The third-order valence-electron chi connectivity index (χ3n) is 6.83. The molecular formula is C27H31N4O4P. The van der Waals surface area contributed by atoms with Crippen LogP contribution in [0.1, 0.15) is 62.1 Å². The summed E-state index contributed by atoms with van der Waals surface area (Å²) in [6.07, 6.45) is 4.56. The summed E-state index contributed by atoms with van der Waals surface area (Å²) in [6.45, 7) is 3.92. The van der Waals surface area contributed by atoms with Gasteiger partial charge in [0, 0.05) is 5.56 Å². The van der Waals surface area contributed by atoms with Crippen LogP contribution < -0.4 is 10.5 Å². The van der Waals surface area contributed by atoms with Crippen molar-refractivity contribution in [3.05, 3.63) is 77.6 Å². The normalized spacial score (nSPS) is 22.6. The number of hydrogen-bond acceptors (Lipinski definition) is 7. The van der Waals surface area contributed by atoms with Crippen LogP contribution >= 0.6 is 7.60 Å². The molecule has 1 unspecified atom stereocenters. The van der Waals surface area contributed by atoms with E-state index in [1.54, 1.807) is 0 Å². The topological polar surface area (TPSA) is 120 Å². The molecule has 1 fully saturated rings. The third-order valence-corrected chi connectivity index (χ3v) is 8.22. The molecule has 0 amide bonds. The number of nitrogens with zero attached hydrogens (tertiary/aromatic N) is 3. The Labute approximate surface area is 211 Å². The fraction of sp³-hybridized carbons (Fsp3) is 0.370. The van der Waals surface area contributed by atoms with Crippen LogP contribution in [0.25, 0.3) is 0 Å². The lowest BCUT2D eigenvalue weighted by Gasteiger charge is -2.32. The second-order valence-corrected chi connectivity index (χ2v) is 11.8. The van der Waals surface area contributed by atoms with E-state index in [4.69, 9.17) is 20.0 Å². The molecule has 0 radical (unpaired) electrons. The van der Waals surface area contributed by atoms with Crippen molar-refractivity contribution in [2.24, 2.45) is 4.99 Å². The van der Waals surface area contributed by atoms with Gasteiger partial charge in [-0.1, -0.05) is 54.6 Å². The maximum Gasteiger partial charge on any atom is 0.332 e. The number of aliphatic imine (C=N–C) groups is 1. The molecule has 2 aromatic carbocycles. The van der Waals surface area contributed by atoms with E-state index in [1.165, 1.54) is 11.9 Å². The first kappa shape index (κ1) is 24.6. The summed E-state index contributed by atoms with van der Waals surface area (Å²) >= 11 is 0. The van der Waals surface area contributed by atoms with Crippen molar-refractivity contribution < 1.29 is 18.7 Å². The van der Waals surface area contributed by atoms with Crippen LogP contribution in [0.4, 0.5) is 11.5 Å². The highest BCUT2D eigenvalue weighted by Gasteiger charge is 2.35. The highest BCUT2D eigenvalue weighted by molar-refractivity contribution is 7.52. The van der Waals surface area contributed by atoms with Gasteiger partial charge in [0.1, 0.15) is 11.9 Å². The molecule has 188 valence electrons. The number of aromatic nitrogens is 2. The van der Waals surface area contributed by atoms with Gasteiger partial charge in [-0.15, -0.1) is 0 Å². The van der Waals surface area contributed by atoms with Gasteiger partial charge in [0.15, 0.2) is 11.5 Å². The van der Waals surface area contributed by atoms with Crippen molar-refractivity contribution in [2.45, 2.75) is 63.3 Å². The van der Waals surface area contributed by atoms with Crippen LogP contribution in [0.15, 0.2) is 65.9 Å². The minimum atomic E-state index is -3.68. The fourth-order valence-corrected chi connectivity index (χ4v) is 6.43. The molecule has 0 saturated heterocycles. The monoisotopic (exact) mass is 506 g/mol. The van der Waals surface area contributed by atoms with Gasteiger partial charge in [-0.3, -0.25) is 4.57 Å². The summed E-state index contributed by atoms with van der Waals surface area (Å²) in [5.41, 5.74) is 9.58. The van der Waals surface area contributed by atoms with E-state index in [-0.39, 0.29) is 12.3 Å². The molecule has 1 atom stereocenters. The molecule has 1 aromatic heterocycles. The lowest BCUT2D eigenvalue weighted by molar-refractivity contribution is 0.127. The number of nitrogen functional groups attached to an aromatic ring is 1. The minimum Gasteiger partial charge on any atom is -0.463 e. The van der Waals surface area contributed by atoms with Crippen molar-refractivity contribution in [1.29, 1.82) is 0 Å². The molecule has 2 aliphatic rings. The van der Waals surface area contributed by atoms with Crippen LogP contribution in [0.5, 0.6) is 5.88 Å². The van der Waals surface area contributed by atoms with E-state index in [9.17, 15) is 9.46 Å². The van der Waals surface area contributed by atoms with Crippen LogP contribution in [-0.2, 0) is 15.3 Å². The predicted octanol–water partition coefficient (Wildman–Crippen LogP) is 5.78. The average molecular weight is 507 g/mol. The van der Waals surface area contributed by atoms with Crippen molar-refractivity contribution >= 4 is 24.8 Å². The van der Waals surface area contributed by atoms with Gasteiger partial charge < -0.3 is 19.9 Å². The smallest absolute Gasteiger partial charge is 0.332 e. The second kappa shape index (κ2) is 9.77. The third kappa shape index (κ3) is 5.36. The first-order valence-corrected chi connectivity index (χ1v) is 14.0. The zero-order valence-electron chi connectivity index (χ0n) is 20.5. The summed E-state index contributed by atoms with van der Waals surface area (Å²) < 4.78 is 24.4. The van der Waals surface area contributed by atoms with Gasteiger partial charge in [-0.25, -0.2) is 9.98 Å². The molecule has 0 spiro atoms. The second-order valence-electron chi connectivity index (χ2n) is 9.97. The number of fused-ring (bicyclic) bond motifs is 1.